The van der Waals surface area contributed by atoms with E-state index >= 15 is 0 Å². The van der Waals surface area contributed by atoms with E-state index in [0.29, 0.717) is 17.4 Å². The van der Waals surface area contributed by atoms with Crippen LogP contribution in [0.3, 0.4) is 0 Å². The number of hydrogen-bond acceptors (Lipinski definition) is 4. The molecule has 2 aromatic heterocycles. The molecule has 5 rings (SSSR count). The highest BCUT2D eigenvalue weighted by Gasteiger charge is 2.21. The largest absolute Gasteiger partial charge is 0.288 e. The number of amides is 1. The zero-order valence-electron chi connectivity index (χ0n) is 15.1. The van der Waals surface area contributed by atoms with Crippen LogP contribution in [0.15, 0.2) is 67.0 Å². The number of carbonyl (C=O) groups is 1. The summed E-state index contributed by atoms with van der Waals surface area (Å²) in [5.74, 6) is 0.169. The van der Waals surface area contributed by atoms with Gasteiger partial charge in [0.05, 0.1) is 11.4 Å². The van der Waals surface area contributed by atoms with Gasteiger partial charge in [0.2, 0.25) is 5.95 Å². The summed E-state index contributed by atoms with van der Waals surface area (Å²) in [4.78, 5) is 18.8. The Balaban J connectivity index is 1.33. The molecule has 0 fully saturated rings. The molecule has 4 aromatic rings. The fraction of sp³-hybridized carbons (Fsp3) is 0.136. The molecule has 0 aliphatic heterocycles. The van der Waals surface area contributed by atoms with Gasteiger partial charge in [-0.05, 0) is 41.2 Å². The second-order valence-electron chi connectivity index (χ2n) is 6.83. The number of nitrogens with one attached hydrogen (secondary N) is 1. The van der Waals surface area contributed by atoms with Crippen molar-refractivity contribution in [3.63, 3.8) is 0 Å². The molecule has 1 N–H and O–H groups in total. The van der Waals surface area contributed by atoms with E-state index in [1.165, 1.54) is 21.6 Å². The molecule has 0 saturated carbocycles. The summed E-state index contributed by atoms with van der Waals surface area (Å²) in [5.41, 5.74) is 4.98. The molecule has 6 heteroatoms. The molecule has 1 aliphatic rings. The Bertz CT molecular complexity index is 1150. The maximum absolute atomic E-state index is 12.7. The van der Waals surface area contributed by atoms with Crippen LogP contribution in [0.25, 0.3) is 10.4 Å². The third-order valence-electron chi connectivity index (χ3n) is 4.91. The van der Waals surface area contributed by atoms with E-state index in [2.05, 4.69) is 39.7 Å². The predicted octanol–water partition coefficient (Wildman–Crippen LogP) is 4.41. The number of fused-ring (bicyclic) bond motifs is 3. The van der Waals surface area contributed by atoms with E-state index < -0.39 is 0 Å². The van der Waals surface area contributed by atoms with Crippen LogP contribution in [0.1, 0.15) is 26.4 Å². The predicted molar refractivity (Wildman–Crippen MR) is 111 cm³/mol. The summed E-state index contributed by atoms with van der Waals surface area (Å²) in [6.45, 7) is 0.619. The van der Waals surface area contributed by atoms with Gasteiger partial charge >= 0.3 is 0 Å². The number of aromatic nitrogens is 3. The number of thiophene rings is 1. The molecule has 0 radical (unpaired) electrons. The molecule has 2 aromatic carbocycles. The molecule has 0 atom stereocenters. The van der Waals surface area contributed by atoms with Crippen molar-refractivity contribution in [2.24, 2.45) is 0 Å². The highest BCUT2D eigenvalue weighted by molar-refractivity contribution is 7.17. The van der Waals surface area contributed by atoms with E-state index in [-0.39, 0.29) is 5.91 Å². The lowest BCUT2D eigenvalue weighted by Crippen LogP contribution is -2.12. The second-order valence-corrected chi connectivity index (χ2v) is 7.88. The lowest BCUT2D eigenvalue weighted by atomic mass is 9.91. The van der Waals surface area contributed by atoms with Crippen LogP contribution in [0.2, 0.25) is 0 Å². The summed E-state index contributed by atoms with van der Waals surface area (Å²) in [6.07, 6.45) is 3.63. The highest BCUT2D eigenvalue weighted by atomic mass is 32.1. The van der Waals surface area contributed by atoms with Gasteiger partial charge in [-0.3, -0.25) is 10.1 Å². The van der Waals surface area contributed by atoms with E-state index in [1.54, 1.807) is 22.3 Å². The van der Waals surface area contributed by atoms with Crippen LogP contribution < -0.4 is 5.32 Å². The van der Waals surface area contributed by atoms with Crippen LogP contribution in [0.5, 0.6) is 0 Å². The Kier molecular flexibility index (Phi) is 4.25. The minimum absolute atomic E-state index is 0.158. The summed E-state index contributed by atoms with van der Waals surface area (Å²) < 4.78 is 1.72. The third kappa shape index (κ3) is 3.23. The fourth-order valence-corrected chi connectivity index (χ4v) is 4.71. The van der Waals surface area contributed by atoms with Gasteiger partial charge in [-0.1, -0.05) is 54.6 Å². The molecule has 0 saturated heterocycles. The minimum atomic E-state index is -0.158. The maximum Gasteiger partial charge on any atom is 0.268 e. The van der Waals surface area contributed by atoms with Gasteiger partial charge in [0, 0.05) is 4.88 Å². The van der Waals surface area contributed by atoms with Gasteiger partial charge < -0.3 is 0 Å². The van der Waals surface area contributed by atoms with E-state index in [9.17, 15) is 4.79 Å². The van der Waals surface area contributed by atoms with Crippen molar-refractivity contribution < 1.29 is 4.79 Å². The van der Waals surface area contributed by atoms with Gasteiger partial charge in [-0.15, -0.1) is 16.4 Å². The first-order valence-corrected chi connectivity index (χ1v) is 10.0. The SMILES string of the molecule is O=C(Nc1ncn(Cc2ccccc2)n1)c1cc2c(s1)-c1ccccc1CC2. The molecule has 0 bridgehead atoms. The number of anilines is 1. The average Bonchev–Trinajstić information content (AvgIpc) is 3.36. The number of benzene rings is 2. The van der Waals surface area contributed by atoms with Gasteiger partial charge in [0.15, 0.2) is 0 Å². The second kappa shape index (κ2) is 7.05. The Morgan fingerprint density at radius 3 is 2.71 bits per heavy atom. The molecule has 138 valence electrons. The molecule has 1 amide bonds. The molecule has 1 aliphatic carbocycles. The van der Waals surface area contributed by atoms with Gasteiger partial charge in [0.1, 0.15) is 6.33 Å². The Morgan fingerprint density at radius 2 is 1.82 bits per heavy atom. The molecule has 0 unspecified atom stereocenters. The molecular formula is C22H18N4OS. The Morgan fingerprint density at radius 1 is 1.04 bits per heavy atom. The number of aryl methyl sites for hydroxylation is 2. The number of hydrogen-bond donors (Lipinski definition) is 1. The van der Waals surface area contributed by atoms with Crippen molar-refractivity contribution >= 4 is 23.2 Å². The summed E-state index contributed by atoms with van der Waals surface area (Å²) >= 11 is 1.54. The number of rotatable bonds is 4. The van der Waals surface area contributed by atoms with Crippen LogP contribution in [-0.4, -0.2) is 20.7 Å². The Hall–Kier alpha value is -3.25. The fourth-order valence-electron chi connectivity index (χ4n) is 3.55. The van der Waals surface area contributed by atoms with Crippen LogP contribution in [-0.2, 0) is 19.4 Å². The van der Waals surface area contributed by atoms with Gasteiger partial charge in [-0.25, -0.2) is 9.67 Å². The molecule has 2 heterocycles. The number of nitrogens with zero attached hydrogens (tertiary/aromatic N) is 3. The number of carbonyl (C=O) groups excluding carboxylic acids is 1. The standard InChI is InChI=1S/C22H18N4OS/c27-21(24-22-23-14-26(25-22)13-15-6-2-1-3-7-15)19-12-17-11-10-16-8-4-5-9-18(16)20(17)28-19/h1-9,12,14H,10-11,13H2,(H,24,25,27). The Labute approximate surface area is 166 Å². The van der Waals surface area contributed by atoms with E-state index in [4.69, 9.17) is 0 Å². The van der Waals surface area contributed by atoms with E-state index in [0.717, 1.165) is 18.4 Å². The lowest BCUT2D eigenvalue weighted by Gasteiger charge is -2.15. The molecular weight excluding hydrogens is 368 g/mol. The summed E-state index contributed by atoms with van der Waals surface area (Å²) in [5, 5.41) is 7.19. The topological polar surface area (TPSA) is 59.8 Å². The molecule has 5 nitrogen and oxygen atoms in total. The van der Waals surface area contributed by atoms with Gasteiger partial charge in [0.25, 0.3) is 5.91 Å². The summed E-state index contributed by atoms with van der Waals surface area (Å²) in [7, 11) is 0. The first-order valence-electron chi connectivity index (χ1n) is 9.22. The van der Waals surface area contributed by atoms with Crippen molar-refractivity contribution in [2.75, 3.05) is 5.32 Å². The van der Waals surface area contributed by atoms with Crippen LogP contribution in [0.4, 0.5) is 5.95 Å². The quantitative estimate of drug-likeness (QED) is 0.565. The van der Waals surface area contributed by atoms with Gasteiger partial charge in [-0.2, -0.15) is 0 Å². The van der Waals surface area contributed by atoms with E-state index in [1.807, 2.05) is 36.4 Å². The monoisotopic (exact) mass is 386 g/mol. The highest BCUT2D eigenvalue weighted by Crippen LogP contribution is 2.39. The van der Waals surface area contributed by atoms with Crippen molar-refractivity contribution in [3.8, 4) is 10.4 Å². The average molecular weight is 386 g/mol. The van der Waals surface area contributed by atoms with Crippen molar-refractivity contribution in [1.29, 1.82) is 0 Å². The first-order chi connectivity index (χ1) is 13.8. The third-order valence-corrected chi connectivity index (χ3v) is 6.12. The molecule has 28 heavy (non-hydrogen) atoms. The first kappa shape index (κ1) is 16.9. The van der Waals surface area contributed by atoms with Crippen molar-refractivity contribution in [1.82, 2.24) is 14.8 Å². The maximum atomic E-state index is 12.7. The van der Waals surface area contributed by atoms with Crippen LogP contribution >= 0.6 is 11.3 Å². The van der Waals surface area contributed by atoms with Crippen molar-refractivity contribution in [3.05, 3.63) is 88.6 Å². The lowest BCUT2D eigenvalue weighted by molar-refractivity contribution is 0.102. The van der Waals surface area contributed by atoms with Crippen LogP contribution in [0, 0.1) is 0 Å². The normalized spacial score (nSPS) is 12.3. The zero-order chi connectivity index (χ0) is 18.9. The minimum Gasteiger partial charge on any atom is -0.288 e. The van der Waals surface area contributed by atoms with Crippen molar-refractivity contribution in [2.45, 2.75) is 19.4 Å². The zero-order valence-corrected chi connectivity index (χ0v) is 15.9. The summed E-state index contributed by atoms with van der Waals surface area (Å²) in [6, 6.07) is 20.5. The smallest absolute Gasteiger partial charge is 0.268 e. The molecule has 0 spiro atoms.